The summed E-state index contributed by atoms with van der Waals surface area (Å²) < 4.78 is 0. The Balaban J connectivity index is 1.90. The lowest BCUT2D eigenvalue weighted by atomic mass is 10.1. The SMILES string of the molecule is Cc1ccccc1CC(=O)Nc1ccc(NCC(C)C)nn1. The van der Waals surface area contributed by atoms with Gasteiger partial charge < -0.3 is 10.6 Å². The van der Waals surface area contributed by atoms with Gasteiger partial charge in [0.25, 0.3) is 0 Å². The Morgan fingerprint density at radius 1 is 1.09 bits per heavy atom. The second-order valence-electron chi connectivity index (χ2n) is 5.73. The molecular weight excluding hydrogens is 276 g/mol. The first-order valence-corrected chi connectivity index (χ1v) is 7.46. The van der Waals surface area contributed by atoms with Crippen LogP contribution in [-0.4, -0.2) is 22.6 Å². The van der Waals surface area contributed by atoms with Crippen molar-refractivity contribution in [3.05, 3.63) is 47.5 Å². The molecule has 0 saturated carbocycles. The van der Waals surface area contributed by atoms with Crippen molar-refractivity contribution in [1.82, 2.24) is 10.2 Å². The summed E-state index contributed by atoms with van der Waals surface area (Å²) in [6, 6.07) is 11.4. The minimum Gasteiger partial charge on any atom is -0.368 e. The van der Waals surface area contributed by atoms with E-state index in [0.29, 0.717) is 24.0 Å². The van der Waals surface area contributed by atoms with Gasteiger partial charge in [0.15, 0.2) is 5.82 Å². The first-order chi connectivity index (χ1) is 10.5. The van der Waals surface area contributed by atoms with E-state index in [1.165, 1.54) is 0 Å². The molecule has 1 amide bonds. The number of anilines is 2. The normalized spacial score (nSPS) is 10.5. The molecule has 116 valence electrons. The molecule has 1 aromatic carbocycles. The van der Waals surface area contributed by atoms with Crippen LogP contribution >= 0.6 is 0 Å². The molecule has 2 aromatic rings. The second-order valence-corrected chi connectivity index (χ2v) is 5.73. The van der Waals surface area contributed by atoms with E-state index in [0.717, 1.165) is 17.7 Å². The molecule has 1 heterocycles. The lowest BCUT2D eigenvalue weighted by Gasteiger charge is -2.09. The highest BCUT2D eigenvalue weighted by atomic mass is 16.1. The Kier molecular flexibility index (Phi) is 5.47. The van der Waals surface area contributed by atoms with E-state index >= 15 is 0 Å². The van der Waals surface area contributed by atoms with Gasteiger partial charge in [-0.1, -0.05) is 38.1 Å². The Hall–Kier alpha value is -2.43. The highest BCUT2D eigenvalue weighted by Crippen LogP contribution is 2.10. The number of nitrogens with one attached hydrogen (secondary N) is 2. The Labute approximate surface area is 131 Å². The van der Waals surface area contributed by atoms with Crippen molar-refractivity contribution in [2.24, 2.45) is 5.92 Å². The Morgan fingerprint density at radius 3 is 2.41 bits per heavy atom. The zero-order valence-corrected chi connectivity index (χ0v) is 13.3. The molecule has 0 fully saturated rings. The molecule has 0 saturated heterocycles. The van der Waals surface area contributed by atoms with Gasteiger partial charge in [0, 0.05) is 6.54 Å². The minimum atomic E-state index is -0.0912. The molecule has 5 heteroatoms. The number of amides is 1. The predicted octanol–water partition coefficient (Wildman–Crippen LogP) is 3.03. The molecule has 22 heavy (non-hydrogen) atoms. The lowest BCUT2D eigenvalue weighted by Crippen LogP contribution is -2.16. The average Bonchev–Trinajstić information content (AvgIpc) is 2.49. The highest BCUT2D eigenvalue weighted by Gasteiger charge is 2.07. The third-order valence-electron chi connectivity index (χ3n) is 3.24. The van der Waals surface area contributed by atoms with Gasteiger partial charge in [-0.15, -0.1) is 10.2 Å². The van der Waals surface area contributed by atoms with Gasteiger partial charge >= 0.3 is 0 Å². The summed E-state index contributed by atoms with van der Waals surface area (Å²) in [5.74, 6) is 1.63. The molecule has 0 radical (unpaired) electrons. The van der Waals surface area contributed by atoms with E-state index in [1.807, 2.05) is 37.3 Å². The summed E-state index contributed by atoms with van der Waals surface area (Å²) in [5.41, 5.74) is 2.13. The minimum absolute atomic E-state index is 0.0912. The molecule has 2 N–H and O–H groups in total. The van der Waals surface area contributed by atoms with Gasteiger partial charge in [-0.2, -0.15) is 0 Å². The Morgan fingerprint density at radius 2 is 1.77 bits per heavy atom. The van der Waals surface area contributed by atoms with Gasteiger partial charge in [0.05, 0.1) is 6.42 Å². The van der Waals surface area contributed by atoms with E-state index in [4.69, 9.17) is 0 Å². The molecule has 0 bridgehead atoms. The quantitative estimate of drug-likeness (QED) is 0.860. The van der Waals surface area contributed by atoms with E-state index in [9.17, 15) is 4.79 Å². The van der Waals surface area contributed by atoms with Crippen molar-refractivity contribution in [3.8, 4) is 0 Å². The second kappa shape index (κ2) is 7.54. The van der Waals surface area contributed by atoms with Crippen molar-refractivity contribution in [1.29, 1.82) is 0 Å². The first kappa shape index (κ1) is 15.9. The zero-order chi connectivity index (χ0) is 15.9. The van der Waals surface area contributed by atoms with Gasteiger partial charge in [-0.25, -0.2) is 0 Å². The summed E-state index contributed by atoms with van der Waals surface area (Å²) in [4.78, 5) is 12.0. The van der Waals surface area contributed by atoms with Crippen molar-refractivity contribution in [3.63, 3.8) is 0 Å². The zero-order valence-electron chi connectivity index (χ0n) is 13.3. The topological polar surface area (TPSA) is 66.9 Å². The standard InChI is InChI=1S/C17H22N4O/c1-12(2)11-18-15-8-9-16(21-20-15)19-17(22)10-14-7-5-4-6-13(14)3/h4-9,12H,10-11H2,1-3H3,(H,18,20)(H,19,21,22). The Bertz CT molecular complexity index is 623. The monoisotopic (exact) mass is 298 g/mol. The number of aromatic nitrogens is 2. The number of benzene rings is 1. The van der Waals surface area contributed by atoms with Crippen LogP contribution in [-0.2, 0) is 11.2 Å². The van der Waals surface area contributed by atoms with E-state index in [-0.39, 0.29) is 5.91 Å². The average molecular weight is 298 g/mol. The third kappa shape index (κ3) is 4.84. The fourth-order valence-corrected chi connectivity index (χ4v) is 1.97. The van der Waals surface area contributed by atoms with E-state index < -0.39 is 0 Å². The third-order valence-corrected chi connectivity index (χ3v) is 3.24. The van der Waals surface area contributed by atoms with Gasteiger partial charge in [-0.05, 0) is 36.1 Å². The molecule has 5 nitrogen and oxygen atoms in total. The number of hydrogen-bond acceptors (Lipinski definition) is 4. The van der Waals surface area contributed by atoms with Crippen LogP contribution in [0, 0.1) is 12.8 Å². The molecule has 2 rings (SSSR count). The van der Waals surface area contributed by atoms with Crippen molar-refractivity contribution in [2.75, 3.05) is 17.2 Å². The van der Waals surface area contributed by atoms with Gasteiger partial charge in [-0.3, -0.25) is 4.79 Å². The smallest absolute Gasteiger partial charge is 0.230 e. The molecule has 0 atom stereocenters. The van der Waals surface area contributed by atoms with Crippen LogP contribution in [0.15, 0.2) is 36.4 Å². The summed E-state index contributed by atoms with van der Waals surface area (Å²) in [6.07, 6.45) is 0.335. The van der Waals surface area contributed by atoms with Crippen LogP contribution in [0.1, 0.15) is 25.0 Å². The summed E-state index contributed by atoms with van der Waals surface area (Å²) in [7, 11) is 0. The van der Waals surface area contributed by atoms with Crippen LogP contribution < -0.4 is 10.6 Å². The van der Waals surface area contributed by atoms with E-state index in [1.54, 1.807) is 6.07 Å². The molecule has 0 aliphatic heterocycles. The van der Waals surface area contributed by atoms with Gasteiger partial charge in [0.2, 0.25) is 5.91 Å². The predicted molar refractivity (Wildman–Crippen MR) is 88.9 cm³/mol. The number of hydrogen-bond donors (Lipinski definition) is 2. The van der Waals surface area contributed by atoms with E-state index in [2.05, 4.69) is 34.7 Å². The fourth-order valence-electron chi connectivity index (χ4n) is 1.97. The lowest BCUT2D eigenvalue weighted by molar-refractivity contribution is -0.115. The van der Waals surface area contributed by atoms with Crippen LogP contribution in [0.25, 0.3) is 0 Å². The van der Waals surface area contributed by atoms with Crippen LogP contribution in [0.5, 0.6) is 0 Å². The summed E-state index contributed by atoms with van der Waals surface area (Å²) in [6.45, 7) is 7.09. The largest absolute Gasteiger partial charge is 0.368 e. The van der Waals surface area contributed by atoms with Crippen molar-refractivity contribution < 1.29 is 4.79 Å². The molecule has 0 unspecified atom stereocenters. The van der Waals surface area contributed by atoms with Crippen molar-refractivity contribution >= 4 is 17.5 Å². The molecular formula is C17H22N4O. The maximum Gasteiger partial charge on any atom is 0.230 e. The maximum absolute atomic E-state index is 12.0. The number of carbonyl (C=O) groups is 1. The summed E-state index contributed by atoms with van der Waals surface area (Å²) >= 11 is 0. The summed E-state index contributed by atoms with van der Waals surface area (Å²) in [5, 5.41) is 14.0. The number of aryl methyl sites for hydroxylation is 1. The van der Waals surface area contributed by atoms with Crippen molar-refractivity contribution in [2.45, 2.75) is 27.2 Å². The molecule has 0 aliphatic carbocycles. The highest BCUT2D eigenvalue weighted by molar-refractivity contribution is 5.91. The van der Waals surface area contributed by atoms with Crippen LogP contribution in [0.3, 0.4) is 0 Å². The first-order valence-electron chi connectivity index (χ1n) is 7.46. The molecule has 0 spiro atoms. The van der Waals surface area contributed by atoms with Crippen LogP contribution in [0.2, 0.25) is 0 Å². The van der Waals surface area contributed by atoms with Crippen LogP contribution in [0.4, 0.5) is 11.6 Å². The fraction of sp³-hybridized carbons (Fsp3) is 0.353. The number of nitrogens with zero attached hydrogens (tertiary/aromatic N) is 2. The molecule has 1 aromatic heterocycles. The number of carbonyl (C=O) groups excluding carboxylic acids is 1. The van der Waals surface area contributed by atoms with Gasteiger partial charge in [0.1, 0.15) is 5.82 Å². The maximum atomic E-state index is 12.0. The molecule has 0 aliphatic rings. The number of rotatable bonds is 6.